The van der Waals surface area contributed by atoms with E-state index in [1.807, 2.05) is 18.4 Å². The Morgan fingerprint density at radius 2 is 2.15 bits per heavy atom. The summed E-state index contributed by atoms with van der Waals surface area (Å²) in [6, 6.07) is 7.73. The van der Waals surface area contributed by atoms with E-state index in [0.717, 1.165) is 10.4 Å². The molecule has 0 fully saturated rings. The molecule has 0 radical (unpaired) electrons. The molecule has 0 bridgehead atoms. The number of rotatable bonds is 5. The van der Waals surface area contributed by atoms with Gasteiger partial charge in [0.05, 0.1) is 0 Å². The van der Waals surface area contributed by atoms with Crippen molar-refractivity contribution in [3.05, 3.63) is 57.8 Å². The van der Waals surface area contributed by atoms with Gasteiger partial charge in [-0.1, -0.05) is 12.1 Å². The highest BCUT2D eigenvalue weighted by atomic mass is 32.1. The molecule has 0 unspecified atom stereocenters. The van der Waals surface area contributed by atoms with Gasteiger partial charge < -0.3 is 4.74 Å². The summed E-state index contributed by atoms with van der Waals surface area (Å²) >= 11 is 1.54. The van der Waals surface area contributed by atoms with Crippen molar-refractivity contribution >= 4 is 23.2 Å². The van der Waals surface area contributed by atoms with Gasteiger partial charge in [0, 0.05) is 10.4 Å². The number of carbonyl (C=O) groups excluding carboxylic acids is 1. The number of ether oxygens (including phenoxy) is 1. The van der Waals surface area contributed by atoms with Crippen LogP contribution in [0.25, 0.3) is 6.08 Å². The number of hydrogen-bond acceptors (Lipinski definition) is 3. The van der Waals surface area contributed by atoms with E-state index in [0.29, 0.717) is 5.56 Å². The van der Waals surface area contributed by atoms with Gasteiger partial charge >= 0.3 is 6.61 Å². The summed E-state index contributed by atoms with van der Waals surface area (Å²) in [5.74, 6) is -0.274. The minimum Gasteiger partial charge on any atom is -0.435 e. The average Bonchev–Trinajstić information content (AvgIpc) is 2.81. The lowest BCUT2D eigenvalue weighted by molar-refractivity contribution is -0.0498. The first kappa shape index (κ1) is 14.4. The minimum atomic E-state index is -2.90. The molecule has 0 saturated heterocycles. The lowest BCUT2D eigenvalue weighted by Crippen LogP contribution is -2.03. The lowest BCUT2D eigenvalue weighted by Gasteiger charge is -2.04. The largest absolute Gasteiger partial charge is 0.435 e. The van der Waals surface area contributed by atoms with Crippen molar-refractivity contribution in [2.24, 2.45) is 0 Å². The number of allylic oxidation sites excluding steroid dienone is 1. The van der Waals surface area contributed by atoms with Crippen LogP contribution >= 0.6 is 11.3 Å². The van der Waals surface area contributed by atoms with Crippen LogP contribution in [0, 0.1) is 6.92 Å². The number of halogens is 2. The number of hydrogen-bond donors (Lipinski definition) is 0. The predicted octanol–water partition coefficient (Wildman–Crippen LogP) is 4.55. The molecule has 0 saturated carbocycles. The Morgan fingerprint density at radius 1 is 1.35 bits per heavy atom. The molecule has 0 atom stereocenters. The molecule has 1 aromatic heterocycles. The first-order valence-corrected chi connectivity index (χ1v) is 6.75. The molecule has 0 aliphatic rings. The van der Waals surface area contributed by atoms with Crippen LogP contribution in [0.1, 0.15) is 20.8 Å². The van der Waals surface area contributed by atoms with Crippen LogP contribution in [0.5, 0.6) is 5.75 Å². The summed E-state index contributed by atoms with van der Waals surface area (Å²) in [6.45, 7) is -0.942. The van der Waals surface area contributed by atoms with E-state index in [1.54, 1.807) is 12.1 Å². The summed E-state index contributed by atoms with van der Waals surface area (Å²) in [5, 5.41) is 1.94. The van der Waals surface area contributed by atoms with Crippen LogP contribution in [0.2, 0.25) is 0 Å². The maximum Gasteiger partial charge on any atom is 0.387 e. The van der Waals surface area contributed by atoms with Crippen LogP contribution in [-0.2, 0) is 0 Å². The third-order valence-electron chi connectivity index (χ3n) is 2.63. The fraction of sp³-hybridized carbons (Fsp3) is 0.133. The van der Waals surface area contributed by atoms with E-state index in [1.165, 1.54) is 35.6 Å². The Kier molecular flexibility index (Phi) is 4.63. The van der Waals surface area contributed by atoms with Gasteiger partial charge in [-0.25, -0.2) is 0 Å². The molecule has 20 heavy (non-hydrogen) atoms. The first-order valence-electron chi connectivity index (χ1n) is 5.87. The molecular weight excluding hydrogens is 282 g/mol. The first-order chi connectivity index (χ1) is 9.56. The van der Waals surface area contributed by atoms with Crippen molar-refractivity contribution in [3.8, 4) is 5.75 Å². The second-order valence-electron chi connectivity index (χ2n) is 4.07. The van der Waals surface area contributed by atoms with E-state index >= 15 is 0 Å². The normalized spacial score (nSPS) is 11.2. The standard InChI is InChI=1S/C15H12F2O2S/c1-10-7-8-20-14(10)6-5-13(18)11-3-2-4-12(9-11)19-15(16)17/h2-9,15H,1H3/b6-5+. The summed E-state index contributed by atoms with van der Waals surface area (Å²) < 4.78 is 28.5. The van der Waals surface area contributed by atoms with E-state index in [-0.39, 0.29) is 11.5 Å². The second kappa shape index (κ2) is 6.43. The van der Waals surface area contributed by atoms with Gasteiger partial charge in [0.1, 0.15) is 5.75 Å². The van der Waals surface area contributed by atoms with Gasteiger partial charge in [-0.15, -0.1) is 11.3 Å². The van der Waals surface area contributed by atoms with Crippen LogP contribution < -0.4 is 4.74 Å². The number of benzene rings is 1. The Balaban J connectivity index is 2.13. The van der Waals surface area contributed by atoms with Crippen molar-refractivity contribution in [2.45, 2.75) is 13.5 Å². The molecule has 0 aliphatic carbocycles. The second-order valence-corrected chi connectivity index (χ2v) is 5.02. The minimum absolute atomic E-state index is 0.0217. The van der Waals surface area contributed by atoms with E-state index in [9.17, 15) is 13.6 Å². The molecule has 0 amide bonds. The molecule has 0 aliphatic heterocycles. The zero-order valence-corrected chi connectivity index (χ0v) is 11.5. The van der Waals surface area contributed by atoms with Gasteiger partial charge in [0.15, 0.2) is 5.78 Å². The number of alkyl halides is 2. The van der Waals surface area contributed by atoms with Gasteiger partial charge in [0.25, 0.3) is 0 Å². The molecular formula is C15H12F2O2S. The smallest absolute Gasteiger partial charge is 0.387 e. The predicted molar refractivity (Wildman–Crippen MR) is 75.5 cm³/mol. The van der Waals surface area contributed by atoms with Crippen LogP contribution in [-0.4, -0.2) is 12.4 Å². The highest BCUT2D eigenvalue weighted by molar-refractivity contribution is 7.11. The number of thiophene rings is 1. The third-order valence-corrected chi connectivity index (χ3v) is 3.62. The lowest BCUT2D eigenvalue weighted by atomic mass is 10.1. The zero-order chi connectivity index (χ0) is 14.5. The molecule has 2 aromatic rings. The zero-order valence-electron chi connectivity index (χ0n) is 10.7. The fourth-order valence-corrected chi connectivity index (χ4v) is 2.45. The van der Waals surface area contributed by atoms with Crippen molar-refractivity contribution in [3.63, 3.8) is 0 Å². The topological polar surface area (TPSA) is 26.3 Å². The van der Waals surface area contributed by atoms with Crippen molar-refractivity contribution in [2.75, 3.05) is 0 Å². The molecule has 2 nitrogen and oxygen atoms in total. The maximum atomic E-state index is 12.1. The molecule has 0 N–H and O–H groups in total. The Bertz CT molecular complexity index is 632. The third kappa shape index (κ3) is 3.74. The number of ketones is 1. The Morgan fingerprint density at radius 3 is 2.80 bits per heavy atom. The van der Waals surface area contributed by atoms with E-state index < -0.39 is 6.61 Å². The molecule has 5 heteroatoms. The Hall–Kier alpha value is -2.01. The molecule has 104 valence electrons. The Labute approximate surface area is 119 Å². The highest BCUT2D eigenvalue weighted by Crippen LogP contribution is 2.19. The van der Waals surface area contributed by atoms with Crippen molar-refractivity contribution in [1.82, 2.24) is 0 Å². The van der Waals surface area contributed by atoms with Crippen LogP contribution in [0.4, 0.5) is 8.78 Å². The number of aryl methyl sites for hydroxylation is 1. The fourth-order valence-electron chi connectivity index (χ4n) is 1.63. The average molecular weight is 294 g/mol. The van der Waals surface area contributed by atoms with Crippen molar-refractivity contribution < 1.29 is 18.3 Å². The highest BCUT2D eigenvalue weighted by Gasteiger charge is 2.07. The van der Waals surface area contributed by atoms with E-state index in [2.05, 4.69) is 4.74 Å². The van der Waals surface area contributed by atoms with Crippen LogP contribution in [0.3, 0.4) is 0 Å². The number of carbonyl (C=O) groups is 1. The molecule has 0 spiro atoms. The van der Waals surface area contributed by atoms with Gasteiger partial charge in [-0.3, -0.25) is 4.79 Å². The van der Waals surface area contributed by atoms with E-state index in [4.69, 9.17) is 0 Å². The monoisotopic (exact) mass is 294 g/mol. The van der Waals surface area contributed by atoms with Gasteiger partial charge in [-0.05, 0) is 48.2 Å². The van der Waals surface area contributed by atoms with Gasteiger partial charge in [-0.2, -0.15) is 8.78 Å². The van der Waals surface area contributed by atoms with Crippen LogP contribution in [0.15, 0.2) is 41.8 Å². The summed E-state index contributed by atoms with van der Waals surface area (Å²) in [4.78, 5) is 13.0. The summed E-state index contributed by atoms with van der Waals surface area (Å²) in [7, 11) is 0. The summed E-state index contributed by atoms with van der Waals surface area (Å²) in [6.07, 6.45) is 3.16. The summed E-state index contributed by atoms with van der Waals surface area (Å²) in [5.41, 5.74) is 1.41. The quantitative estimate of drug-likeness (QED) is 0.597. The molecule has 1 aromatic carbocycles. The van der Waals surface area contributed by atoms with Gasteiger partial charge in [0.2, 0.25) is 0 Å². The molecule has 1 heterocycles. The molecule has 2 rings (SSSR count). The van der Waals surface area contributed by atoms with Crippen molar-refractivity contribution in [1.29, 1.82) is 0 Å². The maximum absolute atomic E-state index is 12.1. The SMILES string of the molecule is Cc1ccsc1/C=C/C(=O)c1cccc(OC(F)F)c1.